The number of aromatic nitrogens is 3. The number of amides is 1. The maximum atomic E-state index is 13.3. The summed E-state index contributed by atoms with van der Waals surface area (Å²) in [5.41, 5.74) is 1.68. The Balaban J connectivity index is 1.48. The molecule has 9 heteroatoms. The number of nitrogens with one attached hydrogen (secondary N) is 2. The third-order valence-electron chi connectivity index (χ3n) is 5.87. The number of carbonyl (C=O) groups is 1. The molecule has 1 aliphatic heterocycles. The number of hydrogen-bond acceptors (Lipinski definition) is 7. The predicted molar refractivity (Wildman–Crippen MR) is 134 cm³/mol. The number of rotatable bonds is 7. The fourth-order valence-electron chi connectivity index (χ4n) is 4.02. The number of fused-ring (bicyclic) bond motifs is 1. The zero-order chi connectivity index (χ0) is 24.0. The number of nitrogens with zero attached hydrogens (tertiary/aromatic N) is 4. The van der Waals surface area contributed by atoms with Crippen LogP contribution in [0.3, 0.4) is 0 Å². The van der Waals surface area contributed by atoms with Crippen molar-refractivity contribution in [2.24, 2.45) is 0 Å². The van der Waals surface area contributed by atoms with E-state index in [1.807, 2.05) is 60.7 Å². The van der Waals surface area contributed by atoms with Gasteiger partial charge >= 0.3 is 0 Å². The molecule has 0 unspecified atom stereocenters. The van der Waals surface area contributed by atoms with Crippen LogP contribution in [-0.2, 0) is 4.74 Å². The molecule has 2 aromatic carbocycles. The highest BCUT2D eigenvalue weighted by molar-refractivity contribution is 5.97. The molecule has 0 spiro atoms. The molecule has 1 amide bonds. The van der Waals surface area contributed by atoms with E-state index in [-0.39, 0.29) is 10.9 Å². The highest BCUT2D eigenvalue weighted by atomic mass is 16.5. The van der Waals surface area contributed by atoms with Gasteiger partial charge in [-0.1, -0.05) is 36.4 Å². The summed E-state index contributed by atoms with van der Waals surface area (Å²) in [7, 11) is 0. The highest BCUT2D eigenvalue weighted by Crippen LogP contribution is 2.19. The number of carbonyl (C=O) groups excluding carboxylic acids is 1. The number of benzene rings is 2. The lowest BCUT2D eigenvalue weighted by molar-refractivity contribution is 0.0383. The van der Waals surface area contributed by atoms with Gasteiger partial charge in [0.25, 0.3) is 5.91 Å². The van der Waals surface area contributed by atoms with Crippen molar-refractivity contribution in [1.29, 1.82) is 0 Å². The fraction of sp³-hybridized carbons (Fsp3) is 0.231. The number of morpholine rings is 1. The van der Waals surface area contributed by atoms with Gasteiger partial charge in [-0.2, -0.15) is 4.98 Å². The number of pyridine rings is 1. The lowest BCUT2D eigenvalue weighted by Crippen LogP contribution is -2.42. The molecule has 5 rings (SSSR count). The molecular formula is C26H26N6O3. The van der Waals surface area contributed by atoms with Crippen LogP contribution in [0, 0.1) is 0 Å². The summed E-state index contributed by atoms with van der Waals surface area (Å²) in [5.74, 6) is -0.0585. The van der Waals surface area contributed by atoms with Gasteiger partial charge in [0.15, 0.2) is 5.65 Å². The van der Waals surface area contributed by atoms with Crippen LogP contribution in [0.25, 0.3) is 16.7 Å². The van der Waals surface area contributed by atoms with Gasteiger partial charge in [0.1, 0.15) is 5.56 Å². The molecular weight excluding hydrogens is 444 g/mol. The van der Waals surface area contributed by atoms with E-state index >= 15 is 0 Å². The number of anilines is 2. The predicted octanol–water partition coefficient (Wildman–Crippen LogP) is 2.59. The van der Waals surface area contributed by atoms with Crippen molar-refractivity contribution in [2.75, 3.05) is 44.7 Å². The zero-order valence-corrected chi connectivity index (χ0v) is 19.2. The monoisotopic (exact) mass is 470 g/mol. The molecule has 2 aromatic heterocycles. The minimum absolute atomic E-state index is 0.0516. The van der Waals surface area contributed by atoms with Gasteiger partial charge in [0.2, 0.25) is 11.4 Å². The van der Waals surface area contributed by atoms with Gasteiger partial charge in [0, 0.05) is 49.9 Å². The zero-order valence-electron chi connectivity index (χ0n) is 19.2. The van der Waals surface area contributed by atoms with E-state index in [0.29, 0.717) is 37.9 Å². The van der Waals surface area contributed by atoms with Gasteiger partial charge in [-0.05, 0) is 24.3 Å². The second kappa shape index (κ2) is 10.5. The van der Waals surface area contributed by atoms with Crippen LogP contribution in [0.1, 0.15) is 10.4 Å². The topological polar surface area (TPSA) is 101 Å². The summed E-state index contributed by atoms with van der Waals surface area (Å²) in [4.78, 5) is 37.5. The largest absolute Gasteiger partial charge is 0.379 e. The van der Waals surface area contributed by atoms with E-state index in [0.717, 1.165) is 24.5 Å². The summed E-state index contributed by atoms with van der Waals surface area (Å²) >= 11 is 0. The maximum absolute atomic E-state index is 13.3. The Kier molecular flexibility index (Phi) is 6.78. The Labute approximate surface area is 202 Å². The molecule has 1 aliphatic rings. The molecule has 0 bridgehead atoms. The Morgan fingerprint density at radius 1 is 1.00 bits per heavy atom. The molecule has 2 N–H and O–H groups in total. The van der Waals surface area contributed by atoms with Crippen molar-refractivity contribution in [2.45, 2.75) is 0 Å². The Morgan fingerprint density at radius 2 is 1.71 bits per heavy atom. The van der Waals surface area contributed by atoms with Crippen molar-refractivity contribution >= 4 is 28.6 Å². The van der Waals surface area contributed by atoms with Crippen LogP contribution in [0.15, 0.2) is 77.9 Å². The van der Waals surface area contributed by atoms with Crippen LogP contribution in [0.5, 0.6) is 0 Å². The molecule has 4 aromatic rings. The van der Waals surface area contributed by atoms with Gasteiger partial charge in [-0.15, -0.1) is 0 Å². The third kappa shape index (κ3) is 5.21. The minimum Gasteiger partial charge on any atom is -0.379 e. The molecule has 9 nitrogen and oxygen atoms in total. The first-order chi connectivity index (χ1) is 17.2. The Morgan fingerprint density at radius 3 is 2.46 bits per heavy atom. The summed E-state index contributed by atoms with van der Waals surface area (Å²) < 4.78 is 7.12. The molecule has 3 heterocycles. The first-order valence-corrected chi connectivity index (χ1v) is 11.6. The molecule has 178 valence electrons. The van der Waals surface area contributed by atoms with Crippen molar-refractivity contribution in [3.63, 3.8) is 0 Å². The van der Waals surface area contributed by atoms with E-state index < -0.39 is 11.3 Å². The second-order valence-corrected chi connectivity index (χ2v) is 8.21. The molecule has 0 aliphatic carbocycles. The van der Waals surface area contributed by atoms with Crippen LogP contribution in [0.4, 0.5) is 11.6 Å². The maximum Gasteiger partial charge on any atom is 0.256 e. The Bertz CT molecular complexity index is 1370. The SMILES string of the molecule is O=C(NCCN1CCOCC1)c1cn(-c2ccccc2)c2nc(Nc3ccccc3)ncc2c1=O. The van der Waals surface area contributed by atoms with E-state index in [4.69, 9.17) is 4.74 Å². The molecule has 0 saturated carbocycles. The van der Waals surface area contributed by atoms with E-state index in [1.165, 1.54) is 6.20 Å². The summed E-state index contributed by atoms with van der Waals surface area (Å²) in [6, 6.07) is 19.0. The molecule has 0 atom stereocenters. The lowest BCUT2D eigenvalue weighted by atomic mass is 10.2. The van der Waals surface area contributed by atoms with E-state index in [9.17, 15) is 9.59 Å². The van der Waals surface area contributed by atoms with E-state index in [2.05, 4.69) is 25.5 Å². The van der Waals surface area contributed by atoms with Crippen molar-refractivity contribution in [1.82, 2.24) is 24.8 Å². The van der Waals surface area contributed by atoms with Crippen LogP contribution < -0.4 is 16.1 Å². The first-order valence-electron chi connectivity index (χ1n) is 11.6. The smallest absolute Gasteiger partial charge is 0.256 e. The standard InChI is InChI=1S/C26H26N6O3/c33-23-21-17-28-26(29-19-7-3-1-4-8-19)30-24(21)32(20-9-5-2-6-10-20)18-22(23)25(34)27-11-12-31-13-15-35-16-14-31/h1-10,17-18H,11-16H2,(H,27,34)(H,28,29,30). The Hall–Kier alpha value is -4.08. The highest BCUT2D eigenvalue weighted by Gasteiger charge is 2.19. The molecule has 1 saturated heterocycles. The van der Waals surface area contributed by atoms with Crippen LogP contribution in [-0.4, -0.2) is 64.7 Å². The summed E-state index contributed by atoms with van der Waals surface area (Å²) in [6.07, 6.45) is 3.03. The summed E-state index contributed by atoms with van der Waals surface area (Å²) in [5, 5.41) is 6.32. The van der Waals surface area contributed by atoms with Gasteiger partial charge < -0.3 is 19.9 Å². The van der Waals surface area contributed by atoms with Gasteiger partial charge in [-0.25, -0.2) is 4.98 Å². The number of ether oxygens (including phenoxy) is 1. The lowest BCUT2D eigenvalue weighted by Gasteiger charge is -2.26. The van der Waals surface area contributed by atoms with Crippen LogP contribution in [0.2, 0.25) is 0 Å². The van der Waals surface area contributed by atoms with Gasteiger partial charge in [0.05, 0.1) is 18.6 Å². The fourth-order valence-corrected chi connectivity index (χ4v) is 4.02. The average Bonchev–Trinajstić information content (AvgIpc) is 2.90. The third-order valence-corrected chi connectivity index (χ3v) is 5.87. The normalized spacial score (nSPS) is 14.1. The van der Waals surface area contributed by atoms with Crippen molar-refractivity contribution in [3.05, 3.63) is 88.8 Å². The quantitative estimate of drug-likeness (QED) is 0.428. The van der Waals surface area contributed by atoms with Crippen LogP contribution >= 0.6 is 0 Å². The second-order valence-electron chi connectivity index (χ2n) is 8.21. The van der Waals surface area contributed by atoms with E-state index in [1.54, 1.807) is 10.8 Å². The molecule has 35 heavy (non-hydrogen) atoms. The van der Waals surface area contributed by atoms with Crippen molar-refractivity contribution in [3.8, 4) is 5.69 Å². The molecule has 0 radical (unpaired) electrons. The first kappa shape index (κ1) is 22.7. The van der Waals surface area contributed by atoms with Gasteiger partial charge in [-0.3, -0.25) is 14.5 Å². The number of para-hydroxylation sites is 2. The minimum atomic E-state index is -0.415. The van der Waals surface area contributed by atoms with Crippen molar-refractivity contribution < 1.29 is 9.53 Å². The average molecular weight is 471 g/mol. The number of hydrogen-bond donors (Lipinski definition) is 2. The summed E-state index contributed by atoms with van der Waals surface area (Å²) in [6.45, 7) is 4.21. The molecule has 1 fully saturated rings.